The van der Waals surface area contributed by atoms with Gasteiger partial charge in [-0.3, -0.25) is 0 Å². The molecule has 1 N–H and O–H groups in total. The molecule has 0 aromatic carbocycles. The van der Waals surface area contributed by atoms with Gasteiger partial charge in [-0.25, -0.2) is 4.98 Å². The van der Waals surface area contributed by atoms with Gasteiger partial charge in [-0.1, -0.05) is 6.07 Å². The predicted octanol–water partition coefficient (Wildman–Crippen LogP) is 3.30. The molecule has 3 nitrogen and oxygen atoms in total. The van der Waals surface area contributed by atoms with Crippen molar-refractivity contribution in [2.24, 2.45) is 0 Å². The Morgan fingerprint density at radius 2 is 2.31 bits per heavy atom. The van der Waals surface area contributed by atoms with E-state index >= 15 is 0 Å². The maximum Gasteiger partial charge on any atom is 0.146 e. The van der Waals surface area contributed by atoms with Crippen LogP contribution in [-0.2, 0) is 0 Å². The fraction of sp³-hybridized carbons (Fsp3) is 0.0833. The number of nitrogens with one attached hydrogen (secondary N) is 1. The number of pyridine rings is 1. The molecule has 0 atom stereocenters. The fourth-order valence-corrected chi connectivity index (χ4v) is 2.52. The van der Waals surface area contributed by atoms with Crippen molar-refractivity contribution in [1.82, 2.24) is 9.97 Å². The van der Waals surface area contributed by atoms with Crippen molar-refractivity contribution < 1.29 is 4.74 Å². The van der Waals surface area contributed by atoms with Gasteiger partial charge in [0.2, 0.25) is 0 Å². The summed E-state index contributed by atoms with van der Waals surface area (Å²) in [5, 5.41) is 3.12. The number of rotatable bonds is 2. The largest absolute Gasteiger partial charge is 0.494 e. The molecular weight excluding hydrogens is 220 g/mol. The highest BCUT2D eigenvalue weighted by atomic mass is 32.1. The minimum absolute atomic E-state index is 0.802. The highest BCUT2D eigenvalue weighted by Crippen LogP contribution is 2.33. The second-order valence-electron chi connectivity index (χ2n) is 3.42. The Morgan fingerprint density at radius 3 is 3.06 bits per heavy atom. The molecule has 3 aromatic heterocycles. The molecule has 3 rings (SSSR count). The van der Waals surface area contributed by atoms with Crippen molar-refractivity contribution in [2.75, 3.05) is 7.11 Å². The SMILES string of the molecule is COc1cnc(-c2cccs2)c2[nH]ccc12. The average molecular weight is 230 g/mol. The minimum Gasteiger partial charge on any atom is -0.494 e. The topological polar surface area (TPSA) is 37.9 Å². The summed E-state index contributed by atoms with van der Waals surface area (Å²) in [5.74, 6) is 0.802. The molecule has 0 saturated carbocycles. The van der Waals surface area contributed by atoms with E-state index in [1.54, 1.807) is 24.6 Å². The fourth-order valence-electron chi connectivity index (χ4n) is 1.79. The number of methoxy groups -OCH3 is 1. The van der Waals surface area contributed by atoms with Gasteiger partial charge in [-0.15, -0.1) is 11.3 Å². The number of nitrogens with zero attached hydrogens (tertiary/aromatic N) is 1. The Balaban J connectivity index is 2.31. The zero-order valence-electron chi connectivity index (χ0n) is 8.73. The van der Waals surface area contributed by atoms with Gasteiger partial charge < -0.3 is 9.72 Å². The van der Waals surface area contributed by atoms with Crippen LogP contribution in [0.1, 0.15) is 0 Å². The van der Waals surface area contributed by atoms with E-state index in [9.17, 15) is 0 Å². The molecule has 0 saturated heterocycles. The third kappa shape index (κ3) is 1.31. The van der Waals surface area contributed by atoms with E-state index in [1.807, 2.05) is 18.3 Å². The van der Waals surface area contributed by atoms with E-state index < -0.39 is 0 Å². The quantitative estimate of drug-likeness (QED) is 0.733. The van der Waals surface area contributed by atoms with E-state index in [1.165, 1.54) is 0 Å². The van der Waals surface area contributed by atoms with Crippen molar-refractivity contribution >= 4 is 22.2 Å². The second-order valence-corrected chi connectivity index (χ2v) is 4.37. The Bertz CT molecular complexity index is 613. The number of aromatic nitrogens is 2. The molecule has 3 aromatic rings. The number of aromatic amines is 1. The summed E-state index contributed by atoms with van der Waals surface area (Å²) in [7, 11) is 1.66. The van der Waals surface area contributed by atoms with Crippen LogP contribution in [0.2, 0.25) is 0 Å². The van der Waals surface area contributed by atoms with E-state index in [4.69, 9.17) is 4.74 Å². The molecule has 80 valence electrons. The van der Waals surface area contributed by atoms with Crippen LogP contribution in [0.25, 0.3) is 21.5 Å². The van der Waals surface area contributed by atoms with Gasteiger partial charge >= 0.3 is 0 Å². The number of ether oxygens (including phenoxy) is 1. The van der Waals surface area contributed by atoms with Gasteiger partial charge in [0.05, 0.1) is 23.7 Å². The Kier molecular flexibility index (Phi) is 2.15. The molecule has 16 heavy (non-hydrogen) atoms. The third-order valence-electron chi connectivity index (χ3n) is 2.53. The summed E-state index contributed by atoms with van der Waals surface area (Å²) in [6.07, 6.45) is 3.68. The number of H-pyrrole nitrogens is 1. The van der Waals surface area contributed by atoms with Gasteiger partial charge in [0.25, 0.3) is 0 Å². The van der Waals surface area contributed by atoms with E-state index in [2.05, 4.69) is 21.4 Å². The van der Waals surface area contributed by atoms with Crippen LogP contribution in [0.15, 0.2) is 36.0 Å². The van der Waals surface area contributed by atoms with Crippen LogP contribution in [0.5, 0.6) is 5.75 Å². The normalized spacial score (nSPS) is 10.8. The number of thiophene rings is 1. The van der Waals surface area contributed by atoms with Crippen LogP contribution in [0, 0.1) is 0 Å². The lowest BCUT2D eigenvalue weighted by atomic mass is 10.2. The molecule has 0 bridgehead atoms. The van der Waals surface area contributed by atoms with Crippen LogP contribution < -0.4 is 4.74 Å². The van der Waals surface area contributed by atoms with Crippen LogP contribution in [-0.4, -0.2) is 17.1 Å². The first kappa shape index (κ1) is 9.42. The molecule has 4 heteroatoms. The van der Waals surface area contributed by atoms with Crippen LogP contribution >= 0.6 is 11.3 Å². The highest BCUT2D eigenvalue weighted by molar-refractivity contribution is 7.13. The summed E-state index contributed by atoms with van der Waals surface area (Å²) in [4.78, 5) is 8.82. The smallest absolute Gasteiger partial charge is 0.146 e. The lowest BCUT2D eigenvalue weighted by Gasteiger charge is -2.04. The van der Waals surface area contributed by atoms with Gasteiger partial charge in [-0.2, -0.15) is 0 Å². The zero-order chi connectivity index (χ0) is 11.0. The van der Waals surface area contributed by atoms with E-state index in [0.717, 1.165) is 27.2 Å². The van der Waals surface area contributed by atoms with Crippen LogP contribution in [0.4, 0.5) is 0 Å². The van der Waals surface area contributed by atoms with Gasteiger partial charge in [0.15, 0.2) is 0 Å². The average Bonchev–Trinajstić information content (AvgIpc) is 2.98. The van der Waals surface area contributed by atoms with Crippen LogP contribution in [0.3, 0.4) is 0 Å². The summed E-state index contributed by atoms with van der Waals surface area (Å²) < 4.78 is 5.28. The maximum atomic E-state index is 5.28. The number of fused-ring (bicyclic) bond motifs is 1. The standard InChI is InChI=1S/C12H10N2OS/c1-15-9-7-14-12(10-3-2-6-16-10)11-8(9)4-5-13-11/h2-7,13H,1H3. The van der Waals surface area contributed by atoms with Gasteiger partial charge in [-0.05, 0) is 17.5 Å². The van der Waals surface area contributed by atoms with Crippen molar-refractivity contribution in [3.8, 4) is 16.3 Å². The summed E-state index contributed by atoms with van der Waals surface area (Å²) >= 11 is 1.68. The van der Waals surface area contributed by atoms with E-state index in [0.29, 0.717) is 0 Å². The molecule has 0 aliphatic rings. The minimum atomic E-state index is 0.802. The maximum absolute atomic E-state index is 5.28. The monoisotopic (exact) mass is 230 g/mol. The summed E-state index contributed by atoms with van der Waals surface area (Å²) in [6.45, 7) is 0. The molecule has 0 spiro atoms. The molecule has 0 radical (unpaired) electrons. The first-order valence-electron chi connectivity index (χ1n) is 4.94. The Hall–Kier alpha value is -1.81. The molecule has 0 fully saturated rings. The molecule has 0 aliphatic heterocycles. The first-order valence-corrected chi connectivity index (χ1v) is 5.82. The third-order valence-corrected chi connectivity index (χ3v) is 3.41. The number of hydrogen-bond donors (Lipinski definition) is 1. The van der Waals surface area contributed by atoms with Crippen molar-refractivity contribution in [1.29, 1.82) is 0 Å². The first-order chi connectivity index (χ1) is 7.90. The van der Waals surface area contributed by atoms with Crippen molar-refractivity contribution in [2.45, 2.75) is 0 Å². The number of hydrogen-bond acceptors (Lipinski definition) is 3. The van der Waals surface area contributed by atoms with Gasteiger partial charge in [0.1, 0.15) is 11.4 Å². The van der Waals surface area contributed by atoms with Crippen molar-refractivity contribution in [3.05, 3.63) is 36.0 Å². The lowest BCUT2D eigenvalue weighted by Crippen LogP contribution is -1.88. The molecule has 3 heterocycles. The predicted molar refractivity (Wildman–Crippen MR) is 66.0 cm³/mol. The molecular formula is C12H10N2OS. The van der Waals surface area contributed by atoms with Crippen molar-refractivity contribution in [3.63, 3.8) is 0 Å². The molecule has 0 unspecified atom stereocenters. The van der Waals surface area contributed by atoms with Gasteiger partial charge in [0, 0.05) is 11.6 Å². The highest BCUT2D eigenvalue weighted by Gasteiger charge is 2.10. The Morgan fingerprint density at radius 1 is 1.38 bits per heavy atom. The lowest BCUT2D eigenvalue weighted by molar-refractivity contribution is 0.418. The zero-order valence-corrected chi connectivity index (χ0v) is 9.54. The molecule has 0 aliphatic carbocycles. The Labute approximate surface area is 96.7 Å². The second kappa shape index (κ2) is 3.64. The summed E-state index contributed by atoms with van der Waals surface area (Å²) in [5.41, 5.74) is 2.01. The van der Waals surface area contributed by atoms with E-state index in [-0.39, 0.29) is 0 Å². The summed E-state index contributed by atoms with van der Waals surface area (Å²) in [6, 6.07) is 6.10. The molecule has 0 amide bonds.